The number of aromatic amines is 1. The minimum atomic E-state index is 0.102. The van der Waals surface area contributed by atoms with E-state index < -0.39 is 0 Å². The highest BCUT2D eigenvalue weighted by molar-refractivity contribution is 5.80. The van der Waals surface area contributed by atoms with Crippen LogP contribution in [-0.4, -0.2) is 59.4 Å². The number of nitrogens with one attached hydrogen (secondary N) is 1. The number of nitrogens with zero attached hydrogens (tertiary/aromatic N) is 2. The van der Waals surface area contributed by atoms with Crippen molar-refractivity contribution >= 4 is 11.8 Å². The topological polar surface area (TPSA) is 65.6 Å². The highest BCUT2D eigenvalue weighted by Crippen LogP contribution is 2.14. The molecule has 6 nitrogen and oxygen atoms in total. The normalized spacial score (nSPS) is 14.3. The third-order valence-corrected chi connectivity index (χ3v) is 4.58. The van der Waals surface area contributed by atoms with Crippen molar-refractivity contribution in [3.63, 3.8) is 0 Å². The van der Waals surface area contributed by atoms with Crippen LogP contribution < -0.4 is 4.74 Å². The molecule has 138 valence electrons. The lowest BCUT2D eigenvalue weighted by molar-refractivity contribution is -0.138. The Hall–Kier alpha value is -2.76. The Balaban J connectivity index is 1.46. The summed E-state index contributed by atoms with van der Waals surface area (Å²) in [7, 11) is 0. The molecule has 2 amide bonds. The molecule has 0 atom stereocenters. The molecular weight excluding hydrogens is 330 g/mol. The van der Waals surface area contributed by atoms with Crippen LogP contribution in [0.3, 0.4) is 0 Å². The van der Waals surface area contributed by atoms with Crippen LogP contribution in [0.5, 0.6) is 5.75 Å². The van der Waals surface area contributed by atoms with Gasteiger partial charge in [-0.25, -0.2) is 0 Å². The molecule has 0 aliphatic carbocycles. The van der Waals surface area contributed by atoms with Gasteiger partial charge in [0.05, 0.1) is 19.4 Å². The van der Waals surface area contributed by atoms with Crippen molar-refractivity contribution in [1.82, 2.24) is 14.8 Å². The van der Waals surface area contributed by atoms with Gasteiger partial charge in [0.15, 0.2) is 0 Å². The maximum Gasteiger partial charge on any atom is 0.228 e. The molecule has 1 aromatic carbocycles. The highest BCUT2D eigenvalue weighted by atomic mass is 16.5. The first-order valence-corrected chi connectivity index (χ1v) is 9.05. The standard InChI is InChI=1S/C20H25N3O3/c1-2-26-18-7-5-16(6-8-18)14-19(24)22-10-12-23(13-11-22)20(25)15-17-4-3-9-21-17/h3-9,21H,2,10-15H2,1H3. The number of H-pyrrole nitrogens is 1. The van der Waals surface area contributed by atoms with Gasteiger partial charge in [0.2, 0.25) is 11.8 Å². The van der Waals surface area contributed by atoms with Crippen LogP contribution in [0.4, 0.5) is 0 Å². The number of benzene rings is 1. The highest BCUT2D eigenvalue weighted by Gasteiger charge is 2.24. The molecule has 2 aromatic rings. The number of carbonyl (C=O) groups is 2. The maximum absolute atomic E-state index is 12.5. The first-order valence-electron chi connectivity index (χ1n) is 9.05. The van der Waals surface area contributed by atoms with Gasteiger partial charge in [0.1, 0.15) is 5.75 Å². The van der Waals surface area contributed by atoms with Gasteiger partial charge in [-0.2, -0.15) is 0 Å². The molecule has 1 saturated heterocycles. The summed E-state index contributed by atoms with van der Waals surface area (Å²) < 4.78 is 5.42. The lowest BCUT2D eigenvalue weighted by Crippen LogP contribution is -2.51. The van der Waals surface area contributed by atoms with Crippen LogP contribution in [-0.2, 0) is 22.4 Å². The van der Waals surface area contributed by atoms with Crippen LogP contribution in [0.2, 0.25) is 0 Å². The minimum absolute atomic E-state index is 0.102. The Kier molecular flexibility index (Phi) is 5.94. The van der Waals surface area contributed by atoms with Crippen molar-refractivity contribution in [3.8, 4) is 5.75 Å². The summed E-state index contributed by atoms with van der Waals surface area (Å²) in [6, 6.07) is 11.4. The lowest BCUT2D eigenvalue weighted by atomic mass is 10.1. The molecule has 1 aliphatic rings. The predicted molar refractivity (Wildman–Crippen MR) is 99.0 cm³/mol. The van der Waals surface area contributed by atoms with Crippen molar-refractivity contribution in [2.24, 2.45) is 0 Å². The Morgan fingerprint density at radius 2 is 1.58 bits per heavy atom. The summed E-state index contributed by atoms with van der Waals surface area (Å²) in [5, 5.41) is 0. The van der Waals surface area contributed by atoms with Gasteiger partial charge in [-0.1, -0.05) is 12.1 Å². The molecule has 1 aromatic heterocycles. The number of piperazine rings is 1. The molecule has 1 fully saturated rings. The second-order valence-electron chi connectivity index (χ2n) is 6.39. The van der Waals surface area contributed by atoms with Crippen LogP contribution >= 0.6 is 0 Å². The van der Waals surface area contributed by atoms with E-state index in [0.29, 0.717) is 45.6 Å². The second kappa shape index (κ2) is 8.56. The number of aromatic nitrogens is 1. The van der Waals surface area contributed by atoms with E-state index in [1.165, 1.54) is 0 Å². The zero-order valence-corrected chi connectivity index (χ0v) is 15.1. The van der Waals surface area contributed by atoms with E-state index in [-0.39, 0.29) is 11.8 Å². The second-order valence-corrected chi connectivity index (χ2v) is 6.39. The lowest BCUT2D eigenvalue weighted by Gasteiger charge is -2.35. The van der Waals surface area contributed by atoms with Crippen molar-refractivity contribution < 1.29 is 14.3 Å². The number of ether oxygens (including phenoxy) is 1. The van der Waals surface area contributed by atoms with E-state index in [9.17, 15) is 9.59 Å². The van der Waals surface area contributed by atoms with Crippen LogP contribution in [0.1, 0.15) is 18.2 Å². The fourth-order valence-electron chi connectivity index (χ4n) is 3.11. The van der Waals surface area contributed by atoms with Crippen LogP contribution in [0.15, 0.2) is 42.6 Å². The van der Waals surface area contributed by atoms with Gasteiger partial charge in [-0.05, 0) is 36.8 Å². The Morgan fingerprint density at radius 3 is 2.12 bits per heavy atom. The summed E-state index contributed by atoms with van der Waals surface area (Å²) in [5.41, 5.74) is 1.90. The Morgan fingerprint density at radius 1 is 0.962 bits per heavy atom. The summed E-state index contributed by atoms with van der Waals surface area (Å²) in [5.74, 6) is 1.02. The first kappa shape index (κ1) is 18.0. The molecule has 1 N–H and O–H groups in total. The quantitative estimate of drug-likeness (QED) is 0.860. The van der Waals surface area contributed by atoms with Gasteiger partial charge >= 0.3 is 0 Å². The molecule has 6 heteroatoms. The first-order chi connectivity index (χ1) is 12.7. The molecule has 1 aliphatic heterocycles. The van der Waals surface area contributed by atoms with Gasteiger partial charge in [0.25, 0.3) is 0 Å². The van der Waals surface area contributed by atoms with Crippen molar-refractivity contribution in [2.75, 3.05) is 32.8 Å². The molecule has 2 heterocycles. The van der Waals surface area contributed by atoms with E-state index in [1.54, 1.807) is 0 Å². The number of rotatable bonds is 6. The van der Waals surface area contributed by atoms with E-state index in [0.717, 1.165) is 17.0 Å². The fraction of sp³-hybridized carbons (Fsp3) is 0.400. The van der Waals surface area contributed by atoms with E-state index in [1.807, 2.05) is 59.3 Å². The van der Waals surface area contributed by atoms with Gasteiger partial charge < -0.3 is 19.5 Å². The van der Waals surface area contributed by atoms with Crippen molar-refractivity contribution in [2.45, 2.75) is 19.8 Å². The predicted octanol–water partition coefficient (Wildman–Crippen LogP) is 1.87. The molecule has 0 spiro atoms. The maximum atomic E-state index is 12.5. The van der Waals surface area contributed by atoms with E-state index in [4.69, 9.17) is 4.74 Å². The third-order valence-electron chi connectivity index (χ3n) is 4.58. The number of carbonyl (C=O) groups excluding carboxylic acids is 2. The number of amides is 2. The van der Waals surface area contributed by atoms with Gasteiger partial charge in [-0.3, -0.25) is 9.59 Å². The van der Waals surface area contributed by atoms with E-state index in [2.05, 4.69) is 4.98 Å². The van der Waals surface area contributed by atoms with Crippen molar-refractivity contribution in [1.29, 1.82) is 0 Å². The Bertz CT molecular complexity index is 717. The largest absolute Gasteiger partial charge is 0.494 e. The average molecular weight is 355 g/mol. The molecule has 3 rings (SSSR count). The monoisotopic (exact) mass is 355 g/mol. The molecule has 0 radical (unpaired) electrons. The molecule has 0 unspecified atom stereocenters. The summed E-state index contributed by atoms with van der Waals surface area (Å²) in [6.45, 7) is 4.94. The zero-order chi connectivity index (χ0) is 18.4. The average Bonchev–Trinajstić information content (AvgIpc) is 3.16. The van der Waals surface area contributed by atoms with Gasteiger partial charge in [0, 0.05) is 38.1 Å². The van der Waals surface area contributed by atoms with Crippen LogP contribution in [0.25, 0.3) is 0 Å². The van der Waals surface area contributed by atoms with E-state index >= 15 is 0 Å². The number of hydrogen-bond acceptors (Lipinski definition) is 3. The SMILES string of the molecule is CCOc1ccc(CC(=O)N2CCN(C(=O)Cc3ccc[nH]3)CC2)cc1. The summed E-state index contributed by atoms with van der Waals surface area (Å²) in [6.07, 6.45) is 2.58. The summed E-state index contributed by atoms with van der Waals surface area (Å²) >= 11 is 0. The zero-order valence-electron chi connectivity index (χ0n) is 15.1. The molecule has 0 saturated carbocycles. The molecule has 26 heavy (non-hydrogen) atoms. The minimum Gasteiger partial charge on any atom is -0.494 e. The smallest absolute Gasteiger partial charge is 0.228 e. The Labute approximate surface area is 153 Å². The van der Waals surface area contributed by atoms with Crippen molar-refractivity contribution in [3.05, 3.63) is 53.9 Å². The fourth-order valence-corrected chi connectivity index (χ4v) is 3.11. The number of hydrogen-bond donors (Lipinski definition) is 1. The molecule has 0 bridgehead atoms. The molecular formula is C20H25N3O3. The summed E-state index contributed by atoms with van der Waals surface area (Å²) in [4.78, 5) is 31.5. The third kappa shape index (κ3) is 4.65. The van der Waals surface area contributed by atoms with Crippen LogP contribution in [0, 0.1) is 0 Å². The van der Waals surface area contributed by atoms with Gasteiger partial charge in [-0.15, -0.1) is 0 Å².